The lowest BCUT2D eigenvalue weighted by atomic mass is 9.79. The maximum atomic E-state index is 12.9. The minimum absolute atomic E-state index is 0.0186. The van der Waals surface area contributed by atoms with Crippen LogP contribution in [0.1, 0.15) is 88.0 Å². The Balaban J connectivity index is 0.000000541. The highest BCUT2D eigenvalue weighted by Gasteiger charge is 2.63. The van der Waals surface area contributed by atoms with Crippen LogP contribution in [0.4, 0.5) is 0 Å². The minimum atomic E-state index is -1.35. The highest BCUT2D eigenvalue weighted by molar-refractivity contribution is 5.99. The first-order valence-corrected chi connectivity index (χ1v) is 18.7. The van der Waals surface area contributed by atoms with Crippen molar-refractivity contribution in [2.45, 2.75) is 136 Å². The van der Waals surface area contributed by atoms with Gasteiger partial charge in [-0.25, -0.2) is 0 Å². The zero-order valence-corrected chi connectivity index (χ0v) is 33.3. The van der Waals surface area contributed by atoms with Crippen molar-refractivity contribution in [2.24, 2.45) is 29.6 Å². The minimum Gasteiger partial charge on any atom is -0.465 e. The van der Waals surface area contributed by atoms with Crippen molar-refractivity contribution in [3.63, 3.8) is 0 Å². The van der Waals surface area contributed by atoms with E-state index in [1.807, 2.05) is 52.0 Å². The van der Waals surface area contributed by atoms with Gasteiger partial charge < -0.3 is 44.8 Å². The van der Waals surface area contributed by atoms with E-state index in [9.17, 15) is 54.6 Å². The summed E-state index contributed by atoms with van der Waals surface area (Å²) in [5.41, 5.74) is -2.18. The van der Waals surface area contributed by atoms with Crippen LogP contribution in [0.5, 0.6) is 0 Å². The summed E-state index contributed by atoms with van der Waals surface area (Å²) in [7, 11) is 0. The topological polar surface area (TPSA) is 241 Å². The monoisotopic (exact) mass is 768 g/mol. The Labute approximate surface area is 319 Å². The van der Waals surface area contributed by atoms with E-state index < -0.39 is 84.1 Å². The zero-order chi connectivity index (χ0) is 41.7. The second kappa shape index (κ2) is 22.0. The van der Waals surface area contributed by atoms with Crippen molar-refractivity contribution in [3.05, 3.63) is 36.5 Å². The molecule has 0 saturated carbocycles. The molecule has 2 heterocycles. The number of aliphatic hydroxyl groups is 6. The summed E-state index contributed by atoms with van der Waals surface area (Å²) in [6, 6.07) is 0. The molecule has 0 radical (unpaired) electrons. The van der Waals surface area contributed by atoms with Gasteiger partial charge in [-0.1, -0.05) is 58.6 Å². The van der Waals surface area contributed by atoms with Crippen LogP contribution in [-0.2, 0) is 38.2 Å². The maximum absolute atomic E-state index is 12.9. The van der Waals surface area contributed by atoms with Gasteiger partial charge in [-0.05, 0) is 27.7 Å². The Morgan fingerprint density at radius 3 is 1.57 bits per heavy atom. The lowest BCUT2D eigenvalue weighted by Gasteiger charge is -2.28. The van der Waals surface area contributed by atoms with E-state index in [-0.39, 0.29) is 73.5 Å². The third kappa shape index (κ3) is 12.8. The molecule has 0 amide bonds. The number of Topliss-reactive ketones (excluding diaryl/α,β-unsaturated/α-hetero) is 4. The largest absolute Gasteiger partial charge is 0.465 e. The number of carbonyl (C=O) groups excluding carboxylic acids is 5. The summed E-state index contributed by atoms with van der Waals surface area (Å²) < 4.78 is 16.3. The van der Waals surface area contributed by atoms with Crippen molar-refractivity contribution < 1.29 is 68.8 Å². The second-order valence-electron chi connectivity index (χ2n) is 14.7. The summed E-state index contributed by atoms with van der Waals surface area (Å²) in [4.78, 5) is 59.9. The predicted molar refractivity (Wildman–Crippen MR) is 199 cm³/mol. The van der Waals surface area contributed by atoms with E-state index in [4.69, 9.17) is 14.2 Å². The molecule has 0 spiro atoms. The van der Waals surface area contributed by atoms with Crippen LogP contribution >= 0.6 is 0 Å². The summed E-state index contributed by atoms with van der Waals surface area (Å²) in [5, 5.41) is 61.0. The van der Waals surface area contributed by atoms with E-state index in [2.05, 4.69) is 6.58 Å². The summed E-state index contributed by atoms with van der Waals surface area (Å²) in [6.07, 6.45) is 1.71. The molecule has 0 aliphatic carbocycles. The molecule has 14 heteroatoms. The number of esters is 1. The van der Waals surface area contributed by atoms with E-state index >= 15 is 0 Å². The van der Waals surface area contributed by atoms with Gasteiger partial charge in [0.2, 0.25) is 0 Å². The number of hydrogen-bond donors (Lipinski definition) is 6. The lowest BCUT2D eigenvalue weighted by Crippen LogP contribution is -2.47. The first-order chi connectivity index (χ1) is 25.2. The molecule has 0 aromatic heterocycles. The van der Waals surface area contributed by atoms with Crippen molar-refractivity contribution >= 4 is 29.1 Å². The summed E-state index contributed by atoms with van der Waals surface area (Å²) in [5.74, 6) is -5.95. The van der Waals surface area contributed by atoms with Gasteiger partial charge in [0.25, 0.3) is 0 Å². The van der Waals surface area contributed by atoms with Crippen LogP contribution < -0.4 is 0 Å². The SMILES string of the molecule is C/C=C\[C@H](C)[C@H]1O[C@@]1(C)[C@@H](O)[C@@H](CO)C(=O)C(CO)C(O)CC(=O)CC.C=C(C(=O)[C@H](COC(C)=O)[C@H](O)[C@]1(C)O[C@@H]1[C@@H](C)/C=C\C)C(O)CC(=O)CC. The Morgan fingerprint density at radius 1 is 0.759 bits per heavy atom. The molecule has 3 unspecified atom stereocenters. The average Bonchev–Trinajstić information content (AvgIpc) is 4.02. The quantitative estimate of drug-likeness (QED) is 0.0356. The van der Waals surface area contributed by atoms with Gasteiger partial charge in [0.1, 0.15) is 35.2 Å². The highest BCUT2D eigenvalue weighted by Crippen LogP contribution is 2.48. The number of ether oxygens (including phenoxy) is 3. The molecule has 0 bridgehead atoms. The fourth-order valence-corrected chi connectivity index (χ4v) is 6.77. The van der Waals surface area contributed by atoms with Crippen LogP contribution in [0.25, 0.3) is 0 Å². The van der Waals surface area contributed by atoms with Crippen molar-refractivity contribution in [1.82, 2.24) is 0 Å². The number of rotatable bonds is 24. The number of hydrogen-bond acceptors (Lipinski definition) is 14. The van der Waals surface area contributed by atoms with E-state index in [1.165, 1.54) is 6.92 Å². The van der Waals surface area contributed by atoms with Gasteiger partial charge in [-0.15, -0.1) is 0 Å². The highest BCUT2D eigenvalue weighted by atomic mass is 16.6. The molecular formula is C40H64O14. The van der Waals surface area contributed by atoms with Crippen LogP contribution in [0.15, 0.2) is 36.5 Å². The zero-order valence-electron chi connectivity index (χ0n) is 33.3. The molecular weight excluding hydrogens is 704 g/mol. The standard InChI is InChI=1S/C21H32O7.C19H32O7/c1-7-9-12(3)20-21(6,28-20)19(26)16(11-27-14(5)22)18(25)13(4)17(24)10-15(23)8-2;1-5-7-11(3)18-19(4,26-18)17(25)14(10-21)16(24)13(9-20)15(23)8-12(22)6-2/h7,9,12,16-17,19-20,24,26H,4,8,10-11H2,1-3,5-6H3;5,7,11,13-15,17-18,20-21,23,25H,6,8-10H2,1-4H3/b9-7-;7-5-/t12-,16-,17?,19-,20+,21-;11-,13?,14-,15?,17-,18+,19-/m00/s1. The average molecular weight is 769 g/mol. The molecule has 0 aromatic carbocycles. The summed E-state index contributed by atoms with van der Waals surface area (Å²) >= 11 is 0. The third-order valence-electron chi connectivity index (χ3n) is 10.4. The Kier molecular flexibility index (Phi) is 20.0. The van der Waals surface area contributed by atoms with E-state index in [0.717, 1.165) is 0 Å². The number of aliphatic hydroxyl groups excluding tert-OH is 6. The molecule has 13 atom stereocenters. The Hall–Kier alpha value is -2.95. The number of epoxide rings is 2. The Morgan fingerprint density at radius 2 is 1.19 bits per heavy atom. The Bertz CT molecular complexity index is 1360. The van der Waals surface area contributed by atoms with Gasteiger partial charge in [0.15, 0.2) is 5.78 Å². The number of carbonyl (C=O) groups is 5. The van der Waals surface area contributed by atoms with E-state index in [0.29, 0.717) is 0 Å². The molecule has 2 fully saturated rings. The van der Waals surface area contributed by atoms with Gasteiger partial charge in [0.05, 0.1) is 67.6 Å². The van der Waals surface area contributed by atoms with E-state index in [1.54, 1.807) is 27.7 Å². The molecule has 2 saturated heterocycles. The van der Waals surface area contributed by atoms with Crippen LogP contribution in [0.3, 0.4) is 0 Å². The smallest absolute Gasteiger partial charge is 0.302 e. The van der Waals surface area contributed by atoms with Gasteiger partial charge >= 0.3 is 5.97 Å². The van der Waals surface area contributed by atoms with Crippen molar-refractivity contribution in [1.29, 1.82) is 0 Å². The number of ketones is 4. The van der Waals surface area contributed by atoms with Crippen molar-refractivity contribution in [3.8, 4) is 0 Å². The lowest BCUT2D eigenvalue weighted by molar-refractivity contribution is -0.146. The third-order valence-corrected chi connectivity index (χ3v) is 10.4. The van der Waals surface area contributed by atoms with Crippen LogP contribution in [-0.4, -0.2) is 127 Å². The molecule has 6 N–H and O–H groups in total. The number of allylic oxidation sites excluding steroid dienone is 2. The molecule has 0 aromatic rings. The van der Waals surface area contributed by atoms with Gasteiger partial charge in [0, 0.05) is 50.0 Å². The fourth-order valence-electron chi connectivity index (χ4n) is 6.77. The second-order valence-corrected chi connectivity index (χ2v) is 14.7. The predicted octanol–water partition coefficient (Wildman–Crippen LogP) is 1.98. The fraction of sp³-hybridized carbons (Fsp3) is 0.725. The molecule has 54 heavy (non-hydrogen) atoms. The first-order valence-electron chi connectivity index (χ1n) is 18.7. The maximum Gasteiger partial charge on any atom is 0.302 e. The molecule has 2 rings (SSSR count). The molecule has 14 nitrogen and oxygen atoms in total. The first kappa shape index (κ1) is 49.1. The molecule has 2 aliphatic rings. The van der Waals surface area contributed by atoms with Gasteiger partial charge in [-0.3, -0.25) is 24.0 Å². The normalized spacial score (nSPS) is 26.9. The summed E-state index contributed by atoms with van der Waals surface area (Å²) in [6.45, 7) is 17.4. The van der Waals surface area contributed by atoms with Gasteiger partial charge in [-0.2, -0.15) is 0 Å². The van der Waals surface area contributed by atoms with Crippen LogP contribution in [0.2, 0.25) is 0 Å². The molecule has 308 valence electrons. The van der Waals surface area contributed by atoms with Crippen molar-refractivity contribution in [2.75, 3.05) is 19.8 Å². The molecule has 2 aliphatic heterocycles. The van der Waals surface area contributed by atoms with Crippen LogP contribution in [0, 0.1) is 29.6 Å².